The number of aromatic nitrogens is 2. The SMILES string of the molecule is CC(C)CC(O)c1ccnc2c(=O)[nH]c(C(N)=O)cc12. The number of carbonyl (C=O) groups is 1. The number of H-pyrrole nitrogens is 1. The van der Waals surface area contributed by atoms with Gasteiger partial charge in [-0.3, -0.25) is 14.6 Å². The molecule has 106 valence electrons. The predicted molar refractivity (Wildman–Crippen MR) is 75.3 cm³/mol. The molecule has 4 N–H and O–H groups in total. The van der Waals surface area contributed by atoms with Crippen molar-refractivity contribution in [2.45, 2.75) is 26.4 Å². The van der Waals surface area contributed by atoms with Crippen LogP contribution in [0.25, 0.3) is 10.9 Å². The number of nitrogens with one attached hydrogen (secondary N) is 1. The summed E-state index contributed by atoms with van der Waals surface area (Å²) in [6, 6.07) is 3.12. The highest BCUT2D eigenvalue weighted by molar-refractivity contribution is 5.95. The molecule has 0 aliphatic heterocycles. The van der Waals surface area contributed by atoms with Gasteiger partial charge in [0, 0.05) is 11.6 Å². The Labute approximate surface area is 115 Å². The molecule has 0 aliphatic rings. The van der Waals surface area contributed by atoms with Gasteiger partial charge in [-0.05, 0) is 30.0 Å². The fraction of sp³-hybridized carbons (Fsp3) is 0.357. The molecule has 0 spiro atoms. The molecule has 1 atom stereocenters. The van der Waals surface area contributed by atoms with Crippen molar-refractivity contribution in [1.29, 1.82) is 0 Å². The second-order valence-electron chi connectivity index (χ2n) is 5.18. The van der Waals surface area contributed by atoms with E-state index in [4.69, 9.17) is 5.73 Å². The third-order valence-electron chi connectivity index (χ3n) is 3.09. The third kappa shape index (κ3) is 2.70. The van der Waals surface area contributed by atoms with Gasteiger partial charge in [0.1, 0.15) is 11.2 Å². The van der Waals surface area contributed by atoms with Crippen molar-refractivity contribution in [3.05, 3.63) is 39.9 Å². The van der Waals surface area contributed by atoms with Crippen LogP contribution in [0.4, 0.5) is 0 Å². The minimum Gasteiger partial charge on any atom is -0.388 e. The van der Waals surface area contributed by atoms with Crippen molar-refractivity contribution in [2.75, 3.05) is 0 Å². The number of aliphatic hydroxyl groups excluding tert-OH is 1. The van der Waals surface area contributed by atoms with E-state index in [9.17, 15) is 14.7 Å². The van der Waals surface area contributed by atoms with E-state index in [0.717, 1.165) is 0 Å². The molecule has 6 nitrogen and oxygen atoms in total. The van der Waals surface area contributed by atoms with Crippen LogP contribution in [0.5, 0.6) is 0 Å². The molecule has 0 saturated heterocycles. The van der Waals surface area contributed by atoms with E-state index in [1.54, 1.807) is 6.07 Å². The maximum absolute atomic E-state index is 11.9. The Bertz CT molecular complexity index is 706. The van der Waals surface area contributed by atoms with E-state index in [0.29, 0.717) is 23.3 Å². The first-order valence-electron chi connectivity index (χ1n) is 6.40. The average Bonchev–Trinajstić information content (AvgIpc) is 2.37. The summed E-state index contributed by atoms with van der Waals surface area (Å²) in [7, 11) is 0. The molecule has 2 rings (SSSR count). The van der Waals surface area contributed by atoms with Gasteiger partial charge in [-0.15, -0.1) is 0 Å². The Morgan fingerprint density at radius 1 is 1.50 bits per heavy atom. The van der Waals surface area contributed by atoms with Crippen LogP contribution in [-0.2, 0) is 0 Å². The molecule has 0 bridgehead atoms. The third-order valence-corrected chi connectivity index (χ3v) is 3.09. The van der Waals surface area contributed by atoms with Crippen molar-refractivity contribution in [3.63, 3.8) is 0 Å². The lowest BCUT2D eigenvalue weighted by molar-refractivity contribution is 0.0995. The summed E-state index contributed by atoms with van der Waals surface area (Å²) in [6.07, 6.45) is 1.31. The summed E-state index contributed by atoms with van der Waals surface area (Å²) >= 11 is 0. The standard InChI is InChI=1S/C14H17N3O3/c1-7(2)5-11(18)8-3-4-16-12-9(8)6-10(13(15)19)17-14(12)20/h3-4,6-7,11,18H,5H2,1-2H3,(H2,15,19)(H,17,20). The number of aromatic amines is 1. The number of primary amides is 1. The van der Waals surface area contributed by atoms with Crippen LogP contribution in [0.1, 0.15) is 42.4 Å². The largest absolute Gasteiger partial charge is 0.388 e. The van der Waals surface area contributed by atoms with Gasteiger partial charge in [-0.1, -0.05) is 13.8 Å². The minimum atomic E-state index is -0.725. The second kappa shape index (κ2) is 5.42. The van der Waals surface area contributed by atoms with Crippen molar-refractivity contribution in [1.82, 2.24) is 9.97 Å². The first-order valence-corrected chi connectivity index (χ1v) is 6.40. The molecular formula is C14H17N3O3. The van der Waals surface area contributed by atoms with Crippen molar-refractivity contribution < 1.29 is 9.90 Å². The Morgan fingerprint density at radius 2 is 2.20 bits per heavy atom. The summed E-state index contributed by atoms with van der Waals surface area (Å²) in [5, 5.41) is 10.7. The maximum Gasteiger partial charge on any atom is 0.275 e. The number of pyridine rings is 2. The number of rotatable bonds is 4. The number of hydrogen-bond acceptors (Lipinski definition) is 4. The molecule has 1 unspecified atom stereocenters. The molecule has 0 radical (unpaired) electrons. The zero-order valence-corrected chi connectivity index (χ0v) is 11.4. The highest BCUT2D eigenvalue weighted by Crippen LogP contribution is 2.26. The second-order valence-corrected chi connectivity index (χ2v) is 5.18. The molecule has 1 amide bonds. The smallest absolute Gasteiger partial charge is 0.275 e. The van der Waals surface area contributed by atoms with E-state index in [2.05, 4.69) is 9.97 Å². The lowest BCUT2D eigenvalue weighted by atomic mass is 9.97. The zero-order chi connectivity index (χ0) is 14.9. The number of fused-ring (bicyclic) bond motifs is 1. The van der Waals surface area contributed by atoms with Crippen LogP contribution in [0.2, 0.25) is 0 Å². The van der Waals surface area contributed by atoms with E-state index < -0.39 is 17.6 Å². The zero-order valence-electron chi connectivity index (χ0n) is 11.4. The first kappa shape index (κ1) is 14.2. The van der Waals surface area contributed by atoms with Crippen LogP contribution in [0, 0.1) is 5.92 Å². The Morgan fingerprint density at radius 3 is 2.80 bits per heavy atom. The average molecular weight is 275 g/mol. The molecule has 0 saturated carbocycles. The van der Waals surface area contributed by atoms with E-state index >= 15 is 0 Å². The number of aliphatic hydroxyl groups is 1. The highest BCUT2D eigenvalue weighted by atomic mass is 16.3. The van der Waals surface area contributed by atoms with Gasteiger partial charge in [-0.2, -0.15) is 0 Å². The van der Waals surface area contributed by atoms with Gasteiger partial charge in [0.05, 0.1) is 6.10 Å². The molecular weight excluding hydrogens is 258 g/mol. The number of hydrogen-bond donors (Lipinski definition) is 3. The van der Waals surface area contributed by atoms with Crippen LogP contribution in [-0.4, -0.2) is 21.0 Å². The van der Waals surface area contributed by atoms with E-state index in [1.807, 2.05) is 13.8 Å². The van der Waals surface area contributed by atoms with Crippen molar-refractivity contribution >= 4 is 16.8 Å². The van der Waals surface area contributed by atoms with Crippen LogP contribution in [0.15, 0.2) is 23.1 Å². The van der Waals surface area contributed by atoms with Gasteiger partial charge in [-0.25, -0.2) is 0 Å². The maximum atomic E-state index is 11.9. The molecule has 2 aromatic heterocycles. The summed E-state index contributed by atoms with van der Waals surface area (Å²) in [4.78, 5) is 29.5. The Hall–Kier alpha value is -2.21. The lowest BCUT2D eigenvalue weighted by Gasteiger charge is -2.15. The van der Waals surface area contributed by atoms with Gasteiger partial charge in [0.2, 0.25) is 0 Å². The lowest BCUT2D eigenvalue weighted by Crippen LogP contribution is -2.20. The molecule has 6 heteroatoms. The topological polar surface area (TPSA) is 109 Å². The molecule has 2 heterocycles. The first-order chi connectivity index (χ1) is 9.40. The number of amides is 1. The summed E-state index contributed by atoms with van der Waals surface area (Å²) in [5.41, 5.74) is 5.48. The predicted octanol–water partition coefficient (Wildman–Crippen LogP) is 1.10. The summed E-state index contributed by atoms with van der Waals surface area (Å²) in [6.45, 7) is 3.99. The highest BCUT2D eigenvalue weighted by Gasteiger charge is 2.16. The Kier molecular flexibility index (Phi) is 3.85. The fourth-order valence-corrected chi connectivity index (χ4v) is 2.18. The summed E-state index contributed by atoms with van der Waals surface area (Å²) < 4.78 is 0. The number of nitrogens with two attached hydrogens (primary N) is 1. The van der Waals surface area contributed by atoms with E-state index in [1.165, 1.54) is 12.3 Å². The number of carbonyl (C=O) groups excluding carboxylic acids is 1. The van der Waals surface area contributed by atoms with Gasteiger partial charge in [0.25, 0.3) is 11.5 Å². The summed E-state index contributed by atoms with van der Waals surface area (Å²) in [5.74, 6) is -0.428. The fourth-order valence-electron chi connectivity index (χ4n) is 2.18. The monoisotopic (exact) mass is 275 g/mol. The normalized spacial score (nSPS) is 12.8. The molecule has 0 aliphatic carbocycles. The molecule has 20 heavy (non-hydrogen) atoms. The van der Waals surface area contributed by atoms with Gasteiger partial charge < -0.3 is 15.8 Å². The van der Waals surface area contributed by atoms with Crippen LogP contribution >= 0.6 is 0 Å². The quantitative estimate of drug-likeness (QED) is 0.776. The number of nitrogens with zero attached hydrogens (tertiary/aromatic N) is 1. The van der Waals surface area contributed by atoms with Crippen LogP contribution < -0.4 is 11.3 Å². The van der Waals surface area contributed by atoms with Gasteiger partial charge >= 0.3 is 0 Å². The molecule has 0 aromatic carbocycles. The van der Waals surface area contributed by atoms with Crippen molar-refractivity contribution in [2.24, 2.45) is 11.7 Å². The van der Waals surface area contributed by atoms with Crippen molar-refractivity contribution in [3.8, 4) is 0 Å². The minimum absolute atomic E-state index is 0.00787. The van der Waals surface area contributed by atoms with Gasteiger partial charge in [0.15, 0.2) is 0 Å². The molecule has 2 aromatic rings. The van der Waals surface area contributed by atoms with Crippen LogP contribution in [0.3, 0.4) is 0 Å². The Balaban J connectivity index is 2.66. The molecule has 0 fully saturated rings. The van der Waals surface area contributed by atoms with E-state index in [-0.39, 0.29) is 11.2 Å².